The van der Waals surface area contributed by atoms with Gasteiger partial charge in [-0.05, 0) is 24.8 Å². The van der Waals surface area contributed by atoms with E-state index in [0.717, 1.165) is 23.7 Å². The highest BCUT2D eigenvalue weighted by atomic mass is 16.4. The number of carboxylic acid groups (broad SMARTS) is 1. The minimum Gasteiger partial charge on any atom is -0.480 e. The number of aliphatic carboxylic acids is 1. The number of para-hydroxylation sites is 1. The van der Waals surface area contributed by atoms with Gasteiger partial charge in [-0.3, -0.25) is 14.3 Å². The number of nitrogens with zero attached hydrogens (tertiary/aromatic N) is 3. The average molecular weight is 287 g/mol. The molecule has 6 heteroatoms. The Morgan fingerprint density at radius 3 is 2.76 bits per heavy atom. The van der Waals surface area contributed by atoms with Gasteiger partial charge in [-0.25, -0.2) is 0 Å². The highest BCUT2D eigenvalue weighted by molar-refractivity contribution is 6.05. The molecule has 0 atom stereocenters. The maximum atomic E-state index is 12.7. The van der Waals surface area contributed by atoms with Crippen molar-refractivity contribution in [1.29, 1.82) is 0 Å². The van der Waals surface area contributed by atoms with Gasteiger partial charge in [0.25, 0.3) is 5.91 Å². The minimum atomic E-state index is -0.996. The van der Waals surface area contributed by atoms with Crippen molar-refractivity contribution in [2.24, 2.45) is 13.0 Å². The first-order valence-corrected chi connectivity index (χ1v) is 6.99. The van der Waals surface area contributed by atoms with Crippen LogP contribution in [0.4, 0.5) is 0 Å². The summed E-state index contributed by atoms with van der Waals surface area (Å²) < 4.78 is 1.65. The molecule has 0 aliphatic heterocycles. The molecule has 110 valence electrons. The quantitative estimate of drug-likeness (QED) is 0.904. The SMILES string of the molecule is Cn1nc(C(=O)N(CC(=O)O)CC2CC2)c2ccccc21. The van der Waals surface area contributed by atoms with Gasteiger partial charge in [0.05, 0.1) is 5.52 Å². The van der Waals surface area contributed by atoms with Crippen molar-refractivity contribution in [3.05, 3.63) is 30.0 Å². The second-order valence-electron chi connectivity index (χ2n) is 5.51. The van der Waals surface area contributed by atoms with E-state index in [0.29, 0.717) is 18.2 Å². The van der Waals surface area contributed by atoms with E-state index < -0.39 is 5.97 Å². The lowest BCUT2D eigenvalue weighted by atomic mass is 10.2. The molecule has 1 aliphatic carbocycles. The number of benzene rings is 1. The Morgan fingerprint density at radius 2 is 2.10 bits per heavy atom. The van der Waals surface area contributed by atoms with Crippen LogP contribution in [0.5, 0.6) is 0 Å². The summed E-state index contributed by atoms with van der Waals surface area (Å²) in [5.41, 5.74) is 1.19. The minimum absolute atomic E-state index is 0.278. The first-order chi connectivity index (χ1) is 10.1. The lowest BCUT2D eigenvalue weighted by Gasteiger charge is -2.19. The Morgan fingerprint density at radius 1 is 1.38 bits per heavy atom. The van der Waals surface area contributed by atoms with Gasteiger partial charge >= 0.3 is 5.97 Å². The standard InChI is InChI=1S/C15H17N3O3/c1-17-12-5-3-2-4-11(12)14(16-17)15(21)18(9-13(19)20)8-10-6-7-10/h2-5,10H,6-9H2,1H3,(H,19,20). The zero-order valence-electron chi connectivity index (χ0n) is 11.8. The molecule has 1 heterocycles. The van der Waals surface area contributed by atoms with Crippen LogP contribution in [-0.4, -0.2) is 44.8 Å². The van der Waals surface area contributed by atoms with E-state index in [1.807, 2.05) is 24.3 Å². The lowest BCUT2D eigenvalue weighted by Crippen LogP contribution is -2.37. The fourth-order valence-corrected chi connectivity index (χ4v) is 2.52. The predicted octanol–water partition coefficient (Wildman–Crippen LogP) is 1.51. The van der Waals surface area contributed by atoms with Gasteiger partial charge in [0.1, 0.15) is 6.54 Å². The van der Waals surface area contributed by atoms with E-state index in [-0.39, 0.29) is 12.5 Å². The largest absolute Gasteiger partial charge is 0.480 e. The maximum Gasteiger partial charge on any atom is 0.323 e. The number of carboxylic acids is 1. The fourth-order valence-electron chi connectivity index (χ4n) is 2.52. The monoisotopic (exact) mass is 287 g/mol. The van der Waals surface area contributed by atoms with Crippen LogP contribution < -0.4 is 0 Å². The highest BCUT2D eigenvalue weighted by Crippen LogP contribution is 2.30. The van der Waals surface area contributed by atoms with Gasteiger partial charge in [-0.2, -0.15) is 5.10 Å². The molecule has 1 aromatic heterocycles. The number of aromatic nitrogens is 2. The van der Waals surface area contributed by atoms with E-state index in [1.54, 1.807) is 11.7 Å². The summed E-state index contributed by atoms with van der Waals surface area (Å²) >= 11 is 0. The molecule has 0 spiro atoms. The molecule has 0 radical (unpaired) electrons. The molecule has 1 N–H and O–H groups in total. The number of hydrogen-bond donors (Lipinski definition) is 1. The van der Waals surface area contributed by atoms with Gasteiger partial charge in [-0.15, -0.1) is 0 Å². The summed E-state index contributed by atoms with van der Waals surface area (Å²) in [6.45, 7) is 0.219. The van der Waals surface area contributed by atoms with Crippen molar-refractivity contribution in [3.63, 3.8) is 0 Å². The fraction of sp³-hybridized carbons (Fsp3) is 0.400. The molecule has 21 heavy (non-hydrogen) atoms. The maximum absolute atomic E-state index is 12.7. The Labute approximate surface area is 122 Å². The Kier molecular flexibility index (Phi) is 3.37. The smallest absolute Gasteiger partial charge is 0.323 e. The van der Waals surface area contributed by atoms with E-state index in [9.17, 15) is 9.59 Å². The molecule has 3 rings (SSSR count). The molecule has 1 fully saturated rings. The summed E-state index contributed by atoms with van der Waals surface area (Å²) in [7, 11) is 1.78. The summed E-state index contributed by atoms with van der Waals surface area (Å²) in [5.74, 6) is -0.867. The molecule has 6 nitrogen and oxygen atoms in total. The molecule has 0 unspecified atom stereocenters. The molecule has 0 bridgehead atoms. The number of hydrogen-bond acceptors (Lipinski definition) is 3. The van der Waals surface area contributed by atoms with Gasteiger partial charge in [0.2, 0.25) is 0 Å². The van der Waals surface area contributed by atoms with Crippen molar-refractivity contribution in [1.82, 2.24) is 14.7 Å². The molecule has 1 amide bonds. The van der Waals surface area contributed by atoms with Crippen LogP contribution in [-0.2, 0) is 11.8 Å². The molecule has 1 aromatic carbocycles. The van der Waals surface area contributed by atoms with Gasteiger partial charge < -0.3 is 10.0 Å². The van der Waals surface area contributed by atoms with E-state index in [2.05, 4.69) is 5.10 Å². The summed E-state index contributed by atoms with van der Waals surface area (Å²) in [6, 6.07) is 7.47. The van der Waals surface area contributed by atoms with Crippen molar-refractivity contribution < 1.29 is 14.7 Å². The van der Waals surface area contributed by atoms with E-state index in [4.69, 9.17) is 5.11 Å². The van der Waals surface area contributed by atoms with E-state index in [1.165, 1.54) is 4.90 Å². The van der Waals surface area contributed by atoms with Gasteiger partial charge in [0, 0.05) is 19.0 Å². The van der Waals surface area contributed by atoms with Crippen molar-refractivity contribution in [2.45, 2.75) is 12.8 Å². The van der Waals surface area contributed by atoms with Crippen LogP contribution in [0.2, 0.25) is 0 Å². The third kappa shape index (κ3) is 2.74. The molecule has 2 aromatic rings. The number of carbonyl (C=O) groups is 2. The second kappa shape index (κ2) is 5.20. The van der Waals surface area contributed by atoms with Crippen molar-refractivity contribution >= 4 is 22.8 Å². The van der Waals surface area contributed by atoms with Gasteiger partial charge in [0.15, 0.2) is 5.69 Å². The molecule has 1 aliphatic rings. The number of fused-ring (bicyclic) bond motifs is 1. The summed E-state index contributed by atoms with van der Waals surface area (Å²) in [4.78, 5) is 25.1. The van der Waals surface area contributed by atoms with Crippen LogP contribution in [0.1, 0.15) is 23.3 Å². The van der Waals surface area contributed by atoms with Gasteiger partial charge in [-0.1, -0.05) is 18.2 Å². The normalized spacial score (nSPS) is 14.3. The van der Waals surface area contributed by atoms with Crippen LogP contribution in [0, 0.1) is 5.92 Å². The van der Waals surface area contributed by atoms with Crippen LogP contribution in [0.25, 0.3) is 10.9 Å². The highest BCUT2D eigenvalue weighted by Gasteiger charge is 2.30. The van der Waals surface area contributed by atoms with E-state index >= 15 is 0 Å². The predicted molar refractivity (Wildman–Crippen MR) is 77.0 cm³/mol. The topological polar surface area (TPSA) is 75.4 Å². The van der Waals surface area contributed by atoms with Crippen LogP contribution in [0.15, 0.2) is 24.3 Å². The molecular weight excluding hydrogens is 270 g/mol. The molecule has 0 saturated heterocycles. The Bertz CT molecular complexity index is 703. The zero-order chi connectivity index (χ0) is 15.0. The number of aryl methyl sites for hydroxylation is 1. The Balaban J connectivity index is 1.94. The van der Waals surface area contributed by atoms with Crippen molar-refractivity contribution in [3.8, 4) is 0 Å². The van der Waals surface area contributed by atoms with Crippen LogP contribution in [0.3, 0.4) is 0 Å². The number of amides is 1. The second-order valence-corrected chi connectivity index (χ2v) is 5.51. The van der Waals surface area contributed by atoms with Crippen LogP contribution >= 0.6 is 0 Å². The number of carbonyl (C=O) groups excluding carboxylic acids is 1. The first kappa shape index (κ1) is 13.6. The molecular formula is C15H17N3O3. The summed E-state index contributed by atoms with van der Waals surface area (Å²) in [5, 5.41) is 14.1. The third-order valence-electron chi connectivity index (χ3n) is 3.75. The third-order valence-corrected chi connectivity index (χ3v) is 3.75. The van der Waals surface area contributed by atoms with Crippen molar-refractivity contribution in [2.75, 3.05) is 13.1 Å². The molecule has 1 saturated carbocycles. The number of rotatable bonds is 5. The zero-order valence-corrected chi connectivity index (χ0v) is 11.8. The Hall–Kier alpha value is -2.37. The average Bonchev–Trinajstić information content (AvgIpc) is 3.20. The summed E-state index contributed by atoms with van der Waals surface area (Å²) in [6.07, 6.45) is 2.12. The first-order valence-electron chi connectivity index (χ1n) is 6.99. The lowest BCUT2D eigenvalue weighted by molar-refractivity contribution is -0.137.